The Labute approximate surface area is 100 Å². The zero-order chi connectivity index (χ0) is 12.0. The molecule has 0 bridgehead atoms. The highest BCUT2D eigenvalue weighted by molar-refractivity contribution is 4.86. The predicted molar refractivity (Wildman–Crippen MR) is 68.5 cm³/mol. The average molecular weight is 228 g/mol. The van der Waals surface area contributed by atoms with Crippen molar-refractivity contribution in [3.8, 4) is 0 Å². The Morgan fingerprint density at radius 2 is 1.94 bits per heavy atom. The zero-order valence-electron chi connectivity index (χ0n) is 11.2. The second-order valence-corrected chi connectivity index (χ2v) is 5.38. The lowest BCUT2D eigenvalue weighted by atomic mass is 9.79. The normalized spacial score (nSPS) is 20.6. The van der Waals surface area contributed by atoms with E-state index in [0.29, 0.717) is 11.5 Å². The van der Waals surface area contributed by atoms with Gasteiger partial charge in [-0.1, -0.05) is 6.92 Å². The predicted octanol–water partition coefficient (Wildman–Crippen LogP) is 1.86. The van der Waals surface area contributed by atoms with E-state index >= 15 is 0 Å². The van der Waals surface area contributed by atoms with Crippen molar-refractivity contribution >= 4 is 0 Å². The van der Waals surface area contributed by atoms with Crippen LogP contribution in [0, 0.1) is 5.41 Å². The first kappa shape index (κ1) is 13.9. The maximum absolute atomic E-state index is 6.00. The van der Waals surface area contributed by atoms with Crippen LogP contribution in [0.4, 0.5) is 0 Å². The molecule has 0 aromatic rings. The number of ether oxygens (including phenoxy) is 1. The summed E-state index contributed by atoms with van der Waals surface area (Å²) in [6.07, 6.45) is 3.46. The van der Waals surface area contributed by atoms with Crippen LogP contribution in [0.2, 0.25) is 0 Å². The van der Waals surface area contributed by atoms with Gasteiger partial charge in [0.05, 0.1) is 0 Å². The van der Waals surface area contributed by atoms with Crippen molar-refractivity contribution in [1.29, 1.82) is 0 Å². The van der Waals surface area contributed by atoms with Crippen LogP contribution < -0.4 is 5.73 Å². The monoisotopic (exact) mass is 228 g/mol. The third-order valence-electron chi connectivity index (χ3n) is 3.77. The summed E-state index contributed by atoms with van der Waals surface area (Å²) >= 11 is 0. The molecule has 2 N–H and O–H groups in total. The molecule has 16 heavy (non-hydrogen) atoms. The van der Waals surface area contributed by atoms with Gasteiger partial charge in [0.15, 0.2) is 0 Å². The van der Waals surface area contributed by atoms with Crippen LogP contribution in [0.15, 0.2) is 0 Å². The van der Waals surface area contributed by atoms with Crippen molar-refractivity contribution in [3.05, 3.63) is 0 Å². The molecule has 1 aliphatic rings. The Hall–Kier alpha value is -0.120. The Balaban J connectivity index is 2.57. The van der Waals surface area contributed by atoms with Crippen molar-refractivity contribution in [1.82, 2.24) is 4.90 Å². The van der Waals surface area contributed by atoms with Gasteiger partial charge in [-0.15, -0.1) is 0 Å². The molecule has 0 unspecified atom stereocenters. The van der Waals surface area contributed by atoms with Gasteiger partial charge in [-0.25, -0.2) is 0 Å². The highest BCUT2D eigenvalue weighted by Crippen LogP contribution is 2.30. The molecule has 3 heteroatoms. The van der Waals surface area contributed by atoms with Gasteiger partial charge in [-0.2, -0.15) is 0 Å². The average Bonchev–Trinajstić information content (AvgIpc) is 2.29. The summed E-state index contributed by atoms with van der Waals surface area (Å²) in [7, 11) is 0. The van der Waals surface area contributed by atoms with Crippen LogP contribution in [0.5, 0.6) is 0 Å². The van der Waals surface area contributed by atoms with E-state index in [4.69, 9.17) is 10.5 Å². The summed E-state index contributed by atoms with van der Waals surface area (Å²) in [5.74, 6) is 0. The fourth-order valence-corrected chi connectivity index (χ4v) is 2.47. The van der Waals surface area contributed by atoms with Crippen LogP contribution in [0.1, 0.15) is 40.0 Å². The highest BCUT2D eigenvalue weighted by atomic mass is 16.5. The minimum atomic E-state index is 0.303. The largest absolute Gasteiger partial charge is 0.381 e. The fourth-order valence-electron chi connectivity index (χ4n) is 2.47. The van der Waals surface area contributed by atoms with E-state index in [1.807, 2.05) is 0 Å². The zero-order valence-corrected chi connectivity index (χ0v) is 11.2. The van der Waals surface area contributed by atoms with Crippen LogP contribution in [-0.2, 0) is 4.74 Å². The van der Waals surface area contributed by atoms with Gasteiger partial charge in [0.1, 0.15) is 0 Å². The second-order valence-electron chi connectivity index (χ2n) is 5.38. The van der Waals surface area contributed by atoms with Gasteiger partial charge in [0.25, 0.3) is 0 Å². The molecule has 0 saturated carbocycles. The molecule has 96 valence electrons. The van der Waals surface area contributed by atoms with E-state index in [1.165, 1.54) is 13.0 Å². The molecule has 0 spiro atoms. The molecule has 1 aliphatic heterocycles. The van der Waals surface area contributed by atoms with Crippen molar-refractivity contribution in [2.45, 2.75) is 46.1 Å². The van der Waals surface area contributed by atoms with Gasteiger partial charge in [-0.05, 0) is 51.6 Å². The highest BCUT2D eigenvalue weighted by Gasteiger charge is 2.33. The van der Waals surface area contributed by atoms with Gasteiger partial charge in [0.2, 0.25) is 0 Å². The van der Waals surface area contributed by atoms with Crippen molar-refractivity contribution < 1.29 is 4.74 Å². The minimum Gasteiger partial charge on any atom is -0.381 e. The van der Waals surface area contributed by atoms with E-state index in [0.717, 1.165) is 39.1 Å². The lowest BCUT2D eigenvalue weighted by Crippen LogP contribution is -2.48. The van der Waals surface area contributed by atoms with E-state index in [-0.39, 0.29) is 0 Å². The van der Waals surface area contributed by atoms with E-state index in [2.05, 4.69) is 25.7 Å². The molecule has 1 saturated heterocycles. The number of nitrogens with two attached hydrogens (primary N) is 1. The van der Waals surface area contributed by atoms with Crippen molar-refractivity contribution in [2.75, 3.05) is 32.8 Å². The van der Waals surface area contributed by atoms with Crippen LogP contribution in [0.25, 0.3) is 0 Å². The Morgan fingerprint density at radius 3 is 2.38 bits per heavy atom. The third kappa shape index (κ3) is 3.72. The maximum Gasteiger partial charge on any atom is 0.0472 e. The number of nitrogens with zero attached hydrogens (tertiary/aromatic N) is 1. The van der Waals surface area contributed by atoms with E-state index in [1.54, 1.807) is 0 Å². The number of hydrogen-bond acceptors (Lipinski definition) is 3. The molecule has 0 amide bonds. The lowest BCUT2D eigenvalue weighted by Gasteiger charge is -2.41. The Bertz CT molecular complexity index is 188. The summed E-state index contributed by atoms with van der Waals surface area (Å²) in [5.41, 5.74) is 6.30. The Kier molecular flexibility index (Phi) is 5.73. The first-order valence-corrected chi connectivity index (χ1v) is 6.65. The quantitative estimate of drug-likeness (QED) is 0.754. The maximum atomic E-state index is 6.00. The smallest absolute Gasteiger partial charge is 0.0472 e. The topological polar surface area (TPSA) is 38.5 Å². The van der Waals surface area contributed by atoms with Crippen LogP contribution >= 0.6 is 0 Å². The third-order valence-corrected chi connectivity index (χ3v) is 3.77. The lowest BCUT2D eigenvalue weighted by molar-refractivity contribution is -0.00524. The molecule has 0 aromatic carbocycles. The SMILES string of the molecule is CCCN(CC1(CN)CCOCC1)C(C)C. The molecule has 1 fully saturated rings. The first-order valence-electron chi connectivity index (χ1n) is 6.65. The van der Waals surface area contributed by atoms with Crippen molar-refractivity contribution in [3.63, 3.8) is 0 Å². The summed E-state index contributed by atoms with van der Waals surface area (Å²) in [4.78, 5) is 2.57. The summed E-state index contributed by atoms with van der Waals surface area (Å²) in [6.45, 7) is 11.7. The molecule has 0 aromatic heterocycles. The van der Waals surface area contributed by atoms with Gasteiger partial charge < -0.3 is 15.4 Å². The molecular weight excluding hydrogens is 200 g/mol. The molecule has 3 nitrogen and oxygen atoms in total. The molecule has 0 atom stereocenters. The summed E-state index contributed by atoms with van der Waals surface area (Å²) in [6, 6.07) is 0.617. The van der Waals surface area contributed by atoms with E-state index < -0.39 is 0 Å². The van der Waals surface area contributed by atoms with Crippen molar-refractivity contribution in [2.24, 2.45) is 11.1 Å². The second kappa shape index (κ2) is 6.58. The molecule has 1 rings (SSSR count). The summed E-state index contributed by atoms with van der Waals surface area (Å²) < 4.78 is 5.45. The van der Waals surface area contributed by atoms with Crippen LogP contribution in [-0.4, -0.2) is 43.8 Å². The molecule has 1 heterocycles. The standard InChI is InChI=1S/C13H28N2O/c1-4-7-15(12(2)3)11-13(10-14)5-8-16-9-6-13/h12H,4-11,14H2,1-3H3. The number of rotatable bonds is 6. The Morgan fingerprint density at radius 1 is 1.31 bits per heavy atom. The first-order chi connectivity index (χ1) is 7.63. The number of hydrogen-bond donors (Lipinski definition) is 1. The fraction of sp³-hybridized carbons (Fsp3) is 1.00. The minimum absolute atomic E-state index is 0.303. The molecule has 0 radical (unpaired) electrons. The van der Waals surface area contributed by atoms with Gasteiger partial charge >= 0.3 is 0 Å². The van der Waals surface area contributed by atoms with Gasteiger partial charge in [-0.3, -0.25) is 0 Å². The van der Waals surface area contributed by atoms with Crippen LogP contribution in [0.3, 0.4) is 0 Å². The van der Waals surface area contributed by atoms with Gasteiger partial charge in [0, 0.05) is 25.8 Å². The molecular formula is C13H28N2O. The summed E-state index contributed by atoms with van der Waals surface area (Å²) in [5, 5.41) is 0. The van der Waals surface area contributed by atoms with E-state index in [9.17, 15) is 0 Å². The molecule has 0 aliphatic carbocycles.